The van der Waals surface area contributed by atoms with Gasteiger partial charge < -0.3 is 24.6 Å². The Balaban J connectivity index is 1.59. The van der Waals surface area contributed by atoms with E-state index in [1.807, 2.05) is 17.0 Å². The van der Waals surface area contributed by atoms with Crippen molar-refractivity contribution in [3.8, 4) is 0 Å². The molecule has 1 aromatic carbocycles. The van der Waals surface area contributed by atoms with Crippen LogP contribution >= 0.6 is 0 Å². The van der Waals surface area contributed by atoms with Crippen LogP contribution < -0.4 is 10.2 Å². The second-order valence-corrected chi connectivity index (χ2v) is 6.56. The maximum Gasteiger partial charge on any atom is 0.317 e. The number of nitrogens with one attached hydrogen (secondary N) is 1. The number of methoxy groups -OCH3 is 1. The lowest BCUT2D eigenvalue weighted by molar-refractivity contribution is -0.0640. The molecule has 0 radical (unpaired) electrons. The van der Waals surface area contributed by atoms with Gasteiger partial charge in [0.25, 0.3) is 0 Å². The SMILES string of the molecule is COC1COCCC1CNC(=O)N1CCN(C)c2ccccc2C1. The number of carbonyl (C=O) groups excluding carboxylic acids is 1. The molecule has 2 aliphatic heterocycles. The van der Waals surface area contributed by atoms with Gasteiger partial charge in [0.15, 0.2) is 0 Å². The highest BCUT2D eigenvalue weighted by Crippen LogP contribution is 2.23. The zero-order chi connectivity index (χ0) is 16.9. The van der Waals surface area contributed by atoms with Gasteiger partial charge in [0.05, 0.1) is 12.7 Å². The smallest absolute Gasteiger partial charge is 0.317 e. The van der Waals surface area contributed by atoms with Crippen molar-refractivity contribution in [2.45, 2.75) is 19.1 Å². The molecule has 0 bridgehead atoms. The van der Waals surface area contributed by atoms with Crippen molar-refractivity contribution < 1.29 is 14.3 Å². The molecule has 6 heteroatoms. The number of para-hydroxylation sites is 1. The summed E-state index contributed by atoms with van der Waals surface area (Å²) < 4.78 is 10.9. The minimum atomic E-state index is 0.00134. The maximum absolute atomic E-state index is 12.6. The number of benzene rings is 1. The third-order valence-electron chi connectivity index (χ3n) is 5.02. The zero-order valence-electron chi connectivity index (χ0n) is 14.5. The van der Waals surface area contributed by atoms with E-state index in [9.17, 15) is 4.79 Å². The van der Waals surface area contributed by atoms with Crippen LogP contribution in [0.1, 0.15) is 12.0 Å². The van der Waals surface area contributed by atoms with E-state index in [0.717, 1.165) is 26.1 Å². The Hall–Kier alpha value is -1.79. The van der Waals surface area contributed by atoms with E-state index in [1.54, 1.807) is 7.11 Å². The van der Waals surface area contributed by atoms with Gasteiger partial charge in [-0.25, -0.2) is 4.79 Å². The van der Waals surface area contributed by atoms with E-state index in [0.29, 0.717) is 25.6 Å². The van der Waals surface area contributed by atoms with Gasteiger partial charge in [0, 0.05) is 58.5 Å². The van der Waals surface area contributed by atoms with Gasteiger partial charge in [0.1, 0.15) is 0 Å². The van der Waals surface area contributed by atoms with Crippen LogP contribution in [0.4, 0.5) is 10.5 Å². The summed E-state index contributed by atoms with van der Waals surface area (Å²) in [6.45, 7) is 4.19. The second kappa shape index (κ2) is 7.85. The molecule has 6 nitrogen and oxygen atoms in total. The van der Waals surface area contributed by atoms with Crippen molar-refractivity contribution in [3.63, 3.8) is 0 Å². The van der Waals surface area contributed by atoms with Crippen LogP contribution in [-0.4, -0.2) is 64.0 Å². The van der Waals surface area contributed by atoms with E-state index in [-0.39, 0.29) is 12.1 Å². The fourth-order valence-corrected chi connectivity index (χ4v) is 3.45. The first-order valence-corrected chi connectivity index (χ1v) is 8.61. The van der Waals surface area contributed by atoms with Crippen molar-refractivity contribution in [1.82, 2.24) is 10.2 Å². The maximum atomic E-state index is 12.6. The van der Waals surface area contributed by atoms with Crippen LogP contribution in [0, 0.1) is 5.92 Å². The normalized spacial score (nSPS) is 24.2. The molecule has 2 aliphatic rings. The van der Waals surface area contributed by atoms with E-state index in [1.165, 1.54) is 11.3 Å². The Bertz CT molecular complexity index is 566. The van der Waals surface area contributed by atoms with Crippen LogP contribution in [-0.2, 0) is 16.0 Å². The fourth-order valence-electron chi connectivity index (χ4n) is 3.45. The molecule has 2 heterocycles. The fraction of sp³-hybridized carbons (Fsp3) is 0.611. The molecule has 0 aromatic heterocycles. The van der Waals surface area contributed by atoms with Gasteiger partial charge in [-0.1, -0.05) is 18.2 Å². The number of fused-ring (bicyclic) bond motifs is 1. The minimum Gasteiger partial charge on any atom is -0.379 e. The average molecular weight is 333 g/mol. The van der Waals surface area contributed by atoms with Crippen molar-refractivity contribution in [2.75, 3.05) is 51.9 Å². The number of amides is 2. The molecule has 1 N–H and O–H groups in total. The number of hydrogen-bond acceptors (Lipinski definition) is 4. The third-order valence-corrected chi connectivity index (χ3v) is 5.02. The number of nitrogens with zero attached hydrogens (tertiary/aromatic N) is 2. The highest BCUT2D eigenvalue weighted by Gasteiger charge is 2.27. The minimum absolute atomic E-state index is 0.00134. The van der Waals surface area contributed by atoms with Crippen LogP contribution in [0.2, 0.25) is 0 Å². The summed E-state index contributed by atoms with van der Waals surface area (Å²) in [4.78, 5) is 16.7. The number of likely N-dealkylation sites (N-methyl/N-ethyl adjacent to an activating group) is 1. The summed E-state index contributed by atoms with van der Waals surface area (Å²) in [7, 11) is 3.78. The van der Waals surface area contributed by atoms with Gasteiger partial charge in [-0.15, -0.1) is 0 Å². The van der Waals surface area contributed by atoms with E-state index in [2.05, 4.69) is 29.4 Å². The van der Waals surface area contributed by atoms with E-state index >= 15 is 0 Å². The molecule has 132 valence electrons. The molecule has 2 amide bonds. The standard InChI is InChI=1S/C18H27N3O3/c1-20-8-9-21(12-15-5-3-4-6-16(15)20)18(22)19-11-14-7-10-24-13-17(14)23-2/h3-6,14,17H,7-13H2,1-2H3,(H,19,22). The van der Waals surface area contributed by atoms with Crippen LogP contribution in [0.15, 0.2) is 24.3 Å². The summed E-state index contributed by atoms with van der Waals surface area (Å²) in [5.74, 6) is 0.314. The Kier molecular flexibility index (Phi) is 5.58. The average Bonchev–Trinajstić information content (AvgIpc) is 2.79. The lowest BCUT2D eigenvalue weighted by Crippen LogP contribution is -2.46. The Morgan fingerprint density at radius 2 is 2.21 bits per heavy atom. The molecule has 0 saturated carbocycles. The summed E-state index contributed by atoms with van der Waals surface area (Å²) >= 11 is 0. The highest BCUT2D eigenvalue weighted by atomic mass is 16.5. The summed E-state index contributed by atoms with van der Waals surface area (Å²) in [5, 5.41) is 3.09. The number of anilines is 1. The van der Waals surface area contributed by atoms with Gasteiger partial charge in [-0.3, -0.25) is 0 Å². The molecule has 2 unspecified atom stereocenters. The summed E-state index contributed by atoms with van der Waals surface area (Å²) in [5.41, 5.74) is 2.39. The lowest BCUT2D eigenvalue weighted by Gasteiger charge is -2.31. The van der Waals surface area contributed by atoms with Gasteiger partial charge >= 0.3 is 6.03 Å². The second-order valence-electron chi connectivity index (χ2n) is 6.56. The number of ether oxygens (including phenoxy) is 2. The summed E-state index contributed by atoms with van der Waals surface area (Å²) in [6, 6.07) is 8.28. The lowest BCUT2D eigenvalue weighted by atomic mass is 9.97. The molecular formula is C18H27N3O3. The van der Waals surface area contributed by atoms with Crippen molar-refractivity contribution in [3.05, 3.63) is 29.8 Å². The first kappa shape index (κ1) is 17.0. The first-order valence-electron chi connectivity index (χ1n) is 8.61. The predicted molar refractivity (Wildman–Crippen MR) is 93.2 cm³/mol. The van der Waals surface area contributed by atoms with E-state index in [4.69, 9.17) is 9.47 Å². The Morgan fingerprint density at radius 3 is 3.04 bits per heavy atom. The number of hydrogen-bond donors (Lipinski definition) is 1. The Labute approximate surface area is 143 Å². The number of rotatable bonds is 3. The van der Waals surface area contributed by atoms with Crippen LogP contribution in [0.25, 0.3) is 0 Å². The van der Waals surface area contributed by atoms with Crippen molar-refractivity contribution in [2.24, 2.45) is 5.92 Å². The van der Waals surface area contributed by atoms with Crippen LogP contribution in [0.3, 0.4) is 0 Å². The van der Waals surface area contributed by atoms with Crippen molar-refractivity contribution in [1.29, 1.82) is 0 Å². The third kappa shape index (κ3) is 3.82. The molecule has 1 aromatic rings. The number of carbonyl (C=O) groups is 1. The molecular weight excluding hydrogens is 306 g/mol. The predicted octanol–water partition coefficient (Wildman–Crippen LogP) is 1.70. The Morgan fingerprint density at radius 1 is 1.38 bits per heavy atom. The topological polar surface area (TPSA) is 54.0 Å². The molecule has 24 heavy (non-hydrogen) atoms. The first-order chi connectivity index (χ1) is 11.7. The van der Waals surface area contributed by atoms with Gasteiger partial charge in [-0.2, -0.15) is 0 Å². The largest absolute Gasteiger partial charge is 0.379 e. The van der Waals surface area contributed by atoms with Gasteiger partial charge in [-0.05, 0) is 18.1 Å². The summed E-state index contributed by atoms with van der Waals surface area (Å²) in [6.07, 6.45) is 0.986. The molecule has 0 aliphatic carbocycles. The monoisotopic (exact) mass is 333 g/mol. The van der Waals surface area contributed by atoms with Crippen LogP contribution in [0.5, 0.6) is 0 Å². The van der Waals surface area contributed by atoms with Crippen molar-refractivity contribution >= 4 is 11.7 Å². The molecule has 2 atom stereocenters. The highest BCUT2D eigenvalue weighted by molar-refractivity contribution is 5.75. The molecule has 3 rings (SSSR count). The molecule has 1 saturated heterocycles. The quantitative estimate of drug-likeness (QED) is 0.915. The number of urea groups is 1. The van der Waals surface area contributed by atoms with E-state index < -0.39 is 0 Å². The molecule has 1 fully saturated rings. The zero-order valence-corrected chi connectivity index (χ0v) is 14.5. The van der Waals surface area contributed by atoms with Gasteiger partial charge in [0.2, 0.25) is 0 Å². The molecule has 0 spiro atoms.